The van der Waals surface area contributed by atoms with E-state index in [2.05, 4.69) is 4.90 Å². The monoisotopic (exact) mass is 483 g/mol. The summed E-state index contributed by atoms with van der Waals surface area (Å²) in [7, 11) is -2.09. The van der Waals surface area contributed by atoms with E-state index in [0.29, 0.717) is 26.2 Å². The van der Waals surface area contributed by atoms with E-state index in [0.717, 1.165) is 17.9 Å². The summed E-state index contributed by atoms with van der Waals surface area (Å²) >= 11 is 18.0. The van der Waals surface area contributed by atoms with Crippen molar-refractivity contribution >= 4 is 44.8 Å². The van der Waals surface area contributed by atoms with E-state index in [1.54, 1.807) is 7.11 Å². The smallest absolute Gasteiger partial charge is 0.244 e. The molecule has 0 unspecified atom stereocenters. The zero-order valence-corrected chi connectivity index (χ0v) is 18.9. The molecule has 0 aliphatic carbocycles. The standard InChI is InChI=1S/C18H19Cl3N2O3S.ClH/c1-26-14-4-2-3-13(9-14)12-22-5-7-23(8-6-22)27(24,25)18-11-16(20)15(19)10-17(18)21;/h2-4,9-11H,5-8,12H2,1H3;1H/p-1. The van der Waals surface area contributed by atoms with Crippen molar-refractivity contribution in [2.24, 2.45) is 0 Å². The number of hydrogen-bond acceptors (Lipinski definition) is 4. The predicted octanol–water partition coefficient (Wildman–Crippen LogP) is 1.17. The number of ether oxygens (including phenoxy) is 1. The lowest BCUT2D eigenvalue weighted by Gasteiger charge is -2.34. The molecular weight excluding hydrogens is 466 g/mol. The molecule has 154 valence electrons. The molecule has 0 amide bonds. The molecule has 2 aromatic carbocycles. The lowest BCUT2D eigenvalue weighted by molar-refractivity contribution is -0.00000823. The van der Waals surface area contributed by atoms with Crippen LogP contribution in [0, 0.1) is 0 Å². The molecule has 10 heteroatoms. The number of halogens is 4. The summed E-state index contributed by atoms with van der Waals surface area (Å²) in [4.78, 5) is 2.19. The van der Waals surface area contributed by atoms with Gasteiger partial charge in [0.15, 0.2) is 0 Å². The fraction of sp³-hybridized carbons (Fsp3) is 0.333. The van der Waals surface area contributed by atoms with Gasteiger partial charge in [-0.15, -0.1) is 0 Å². The molecule has 3 rings (SSSR count). The van der Waals surface area contributed by atoms with Crippen LogP contribution in [0.1, 0.15) is 5.56 Å². The summed E-state index contributed by atoms with van der Waals surface area (Å²) in [6.07, 6.45) is 0. The number of sulfonamides is 1. The summed E-state index contributed by atoms with van der Waals surface area (Å²) < 4.78 is 32.5. The molecule has 0 radical (unpaired) electrons. The number of hydrogen-bond donors (Lipinski definition) is 0. The molecule has 28 heavy (non-hydrogen) atoms. The van der Waals surface area contributed by atoms with Crippen LogP contribution in [0.2, 0.25) is 15.1 Å². The van der Waals surface area contributed by atoms with Gasteiger partial charge in [0.25, 0.3) is 0 Å². The maximum atomic E-state index is 12.9. The van der Waals surface area contributed by atoms with Crippen molar-refractivity contribution in [1.29, 1.82) is 0 Å². The van der Waals surface area contributed by atoms with Gasteiger partial charge in [0.05, 0.1) is 22.2 Å². The lowest BCUT2D eigenvalue weighted by atomic mass is 10.2. The normalized spacial score (nSPS) is 15.9. The fourth-order valence-corrected chi connectivity index (χ4v) is 5.40. The van der Waals surface area contributed by atoms with E-state index in [-0.39, 0.29) is 32.4 Å². The van der Waals surface area contributed by atoms with Crippen molar-refractivity contribution in [3.05, 3.63) is 57.0 Å². The van der Waals surface area contributed by atoms with E-state index in [9.17, 15) is 8.42 Å². The van der Waals surface area contributed by atoms with Crippen LogP contribution in [0.5, 0.6) is 5.75 Å². The highest BCUT2D eigenvalue weighted by atomic mass is 35.5. The van der Waals surface area contributed by atoms with Gasteiger partial charge >= 0.3 is 0 Å². The van der Waals surface area contributed by atoms with Crippen LogP contribution < -0.4 is 17.1 Å². The van der Waals surface area contributed by atoms with Crippen LogP contribution in [0.4, 0.5) is 0 Å². The molecule has 2 aromatic rings. The Kier molecular flexibility index (Phi) is 8.28. The Labute approximate surface area is 186 Å². The Bertz CT molecular complexity index is 932. The molecule has 1 aliphatic rings. The summed E-state index contributed by atoms with van der Waals surface area (Å²) in [5, 5.41) is 0.461. The van der Waals surface area contributed by atoms with Crippen LogP contribution in [0.15, 0.2) is 41.3 Å². The Morgan fingerprint density at radius 2 is 1.61 bits per heavy atom. The van der Waals surface area contributed by atoms with Crippen molar-refractivity contribution in [2.45, 2.75) is 11.4 Å². The third kappa shape index (κ3) is 5.25. The third-order valence-electron chi connectivity index (χ3n) is 4.46. The van der Waals surface area contributed by atoms with Gasteiger partial charge in [-0.1, -0.05) is 46.9 Å². The second-order valence-electron chi connectivity index (χ2n) is 6.23. The van der Waals surface area contributed by atoms with Crippen molar-refractivity contribution in [2.75, 3.05) is 33.3 Å². The van der Waals surface area contributed by atoms with Gasteiger partial charge < -0.3 is 17.1 Å². The van der Waals surface area contributed by atoms with E-state index in [1.165, 1.54) is 16.4 Å². The Morgan fingerprint density at radius 3 is 2.25 bits per heavy atom. The average molecular weight is 485 g/mol. The number of rotatable bonds is 5. The first-order valence-electron chi connectivity index (χ1n) is 8.31. The van der Waals surface area contributed by atoms with Crippen molar-refractivity contribution in [3.8, 4) is 5.75 Å². The second-order valence-corrected chi connectivity index (χ2v) is 9.36. The predicted molar refractivity (Wildman–Crippen MR) is 109 cm³/mol. The van der Waals surface area contributed by atoms with Crippen LogP contribution in [-0.2, 0) is 16.6 Å². The molecule has 0 spiro atoms. The molecule has 1 heterocycles. The SMILES string of the molecule is COc1cccc(CN2CCN(S(=O)(=O)c3cc(Cl)c(Cl)cc3Cl)CC2)c1.[Cl-]. The molecule has 1 fully saturated rings. The van der Waals surface area contributed by atoms with Crippen molar-refractivity contribution < 1.29 is 25.6 Å². The summed E-state index contributed by atoms with van der Waals surface area (Å²) in [5.41, 5.74) is 1.12. The molecule has 0 atom stereocenters. The molecule has 0 N–H and O–H groups in total. The first-order valence-corrected chi connectivity index (χ1v) is 10.9. The minimum absolute atomic E-state index is 0. The minimum atomic E-state index is -3.73. The zero-order chi connectivity index (χ0) is 19.6. The molecular formula is C18H19Cl4N2O3S-. The second kappa shape index (κ2) is 9.85. The first kappa shape index (κ1) is 23.5. The minimum Gasteiger partial charge on any atom is -1.00 e. The molecule has 1 saturated heterocycles. The van der Waals surface area contributed by atoms with Gasteiger partial charge in [-0.3, -0.25) is 4.90 Å². The zero-order valence-electron chi connectivity index (χ0n) is 15.0. The van der Waals surface area contributed by atoms with Crippen molar-refractivity contribution in [3.63, 3.8) is 0 Å². The van der Waals surface area contributed by atoms with Gasteiger partial charge in [-0.2, -0.15) is 4.31 Å². The van der Waals surface area contributed by atoms with E-state index in [1.807, 2.05) is 24.3 Å². The molecule has 5 nitrogen and oxygen atoms in total. The van der Waals surface area contributed by atoms with Crippen LogP contribution in [-0.4, -0.2) is 50.9 Å². The third-order valence-corrected chi connectivity index (χ3v) is 7.55. The van der Waals surface area contributed by atoms with E-state index in [4.69, 9.17) is 39.5 Å². The van der Waals surface area contributed by atoms with Crippen molar-refractivity contribution in [1.82, 2.24) is 9.21 Å². The Morgan fingerprint density at radius 1 is 0.964 bits per heavy atom. The fourth-order valence-electron chi connectivity index (χ4n) is 3.00. The first-order chi connectivity index (χ1) is 12.8. The quantitative estimate of drug-likeness (QED) is 0.597. The lowest BCUT2D eigenvalue weighted by Crippen LogP contribution is -3.00. The number of benzene rings is 2. The molecule has 0 aromatic heterocycles. The van der Waals surface area contributed by atoms with Crippen LogP contribution >= 0.6 is 34.8 Å². The highest BCUT2D eigenvalue weighted by Gasteiger charge is 2.30. The summed E-state index contributed by atoms with van der Waals surface area (Å²) in [5.74, 6) is 0.808. The van der Waals surface area contributed by atoms with Gasteiger partial charge in [0.2, 0.25) is 10.0 Å². The summed E-state index contributed by atoms with van der Waals surface area (Å²) in [6, 6.07) is 10.5. The van der Waals surface area contributed by atoms with E-state index >= 15 is 0 Å². The van der Waals surface area contributed by atoms with Gasteiger partial charge in [-0.25, -0.2) is 8.42 Å². The highest BCUT2D eigenvalue weighted by Crippen LogP contribution is 2.33. The Balaban J connectivity index is 0.00000280. The number of piperazine rings is 1. The van der Waals surface area contributed by atoms with Crippen LogP contribution in [0.3, 0.4) is 0 Å². The number of nitrogens with zero attached hydrogens (tertiary/aromatic N) is 2. The molecule has 0 bridgehead atoms. The summed E-state index contributed by atoms with van der Waals surface area (Å²) in [6.45, 7) is 2.73. The van der Waals surface area contributed by atoms with Gasteiger partial charge in [0, 0.05) is 32.7 Å². The van der Waals surface area contributed by atoms with Gasteiger partial charge in [-0.05, 0) is 29.8 Å². The molecule has 0 saturated carbocycles. The topological polar surface area (TPSA) is 49.9 Å². The maximum absolute atomic E-state index is 12.9. The Hall–Kier alpha value is -0.730. The highest BCUT2D eigenvalue weighted by molar-refractivity contribution is 7.89. The number of methoxy groups -OCH3 is 1. The van der Waals surface area contributed by atoms with Gasteiger partial charge in [0.1, 0.15) is 10.6 Å². The maximum Gasteiger partial charge on any atom is 0.244 e. The molecule has 1 aliphatic heterocycles. The van der Waals surface area contributed by atoms with E-state index < -0.39 is 10.0 Å². The average Bonchev–Trinajstić information content (AvgIpc) is 2.65. The van der Waals surface area contributed by atoms with Crippen LogP contribution in [0.25, 0.3) is 0 Å². The largest absolute Gasteiger partial charge is 1.00 e.